The van der Waals surface area contributed by atoms with E-state index in [1.807, 2.05) is 13.0 Å². The van der Waals surface area contributed by atoms with Crippen molar-refractivity contribution < 1.29 is 18.9 Å². The molecule has 0 radical (unpaired) electrons. The lowest BCUT2D eigenvalue weighted by Gasteiger charge is -2.11. The van der Waals surface area contributed by atoms with Crippen molar-refractivity contribution in [3.05, 3.63) is 42.8 Å². The molecule has 2 rings (SSSR count). The molecule has 0 aliphatic rings. The zero-order valence-corrected chi connectivity index (χ0v) is 15.0. The lowest BCUT2D eigenvalue weighted by atomic mass is 10.1. The lowest BCUT2D eigenvalue weighted by molar-refractivity contribution is -0.386. The Bertz CT molecular complexity index is 755. The van der Waals surface area contributed by atoms with E-state index in [1.54, 1.807) is 19.3 Å². The van der Waals surface area contributed by atoms with Crippen LogP contribution in [0.4, 0.5) is 5.69 Å². The fourth-order valence-corrected chi connectivity index (χ4v) is 2.88. The first-order valence-electron chi connectivity index (χ1n) is 6.77. The van der Waals surface area contributed by atoms with Crippen molar-refractivity contribution in [3.63, 3.8) is 0 Å². The highest BCUT2D eigenvalue weighted by molar-refractivity contribution is 14.1. The highest BCUT2D eigenvalue weighted by Gasteiger charge is 2.22. The van der Waals surface area contributed by atoms with E-state index >= 15 is 0 Å². The molecule has 0 amide bonds. The quantitative estimate of drug-likeness (QED) is 0.390. The van der Waals surface area contributed by atoms with Gasteiger partial charge in [-0.25, -0.2) is 0 Å². The fraction of sp³-hybridized carbons (Fsp3) is 0.267. The Hall–Kier alpha value is -2.10. The molecule has 0 spiro atoms. The summed E-state index contributed by atoms with van der Waals surface area (Å²) in [7, 11) is 1.58. The SMILES string of the molecule is CCOc1cc(C=Cc2onc(C)c2[N+](=O)[O-])cc(I)c1OC. The zero-order valence-electron chi connectivity index (χ0n) is 12.8. The standard InChI is InChI=1S/C15H15IN2O5/c1-4-22-13-8-10(7-11(16)15(13)21-3)5-6-12-14(18(19)20)9(2)17-23-12/h5-8H,4H2,1-3H3. The number of halogens is 1. The molecule has 7 nitrogen and oxygen atoms in total. The molecular weight excluding hydrogens is 415 g/mol. The van der Waals surface area contributed by atoms with Gasteiger partial charge < -0.3 is 14.0 Å². The number of hydrogen-bond acceptors (Lipinski definition) is 6. The number of aromatic nitrogens is 1. The maximum Gasteiger partial charge on any atom is 0.338 e. The summed E-state index contributed by atoms with van der Waals surface area (Å²) in [6.45, 7) is 3.92. The molecule has 0 bridgehead atoms. The van der Waals surface area contributed by atoms with Crippen LogP contribution in [0, 0.1) is 20.6 Å². The molecule has 0 saturated heterocycles. The first-order valence-corrected chi connectivity index (χ1v) is 7.84. The second kappa shape index (κ2) is 7.44. The molecule has 0 unspecified atom stereocenters. The number of benzene rings is 1. The van der Waals surface area contributed by atoms with Crippen LogP contribution in [0.25, 0.3) is 12.2 Å². The molecular formula is C15H15IN2O5. The average Bonchev–Trinajstić information content (AvgIpc) is 2.86. The maximum atomic E-state index is 11.0. The Labute approximate surface area is 146 Å². The Morgan fingerprint density at radius 1 is 1.43 bits per heavy atom. The number of nitrogens with zero attached hydrogens (tertiary/aromatic N) is 2. The van der Waals surface area contributed by atoms with Gasteiger partial charge >= 0.3 is 5.69 Å². The van der Waals surface area contributed by atoms with Crippen molar-refractivity contribution in [2.75, 3.05) is 13.7 Å². The van der Waals surface area contributed by atoms with Crippen molar-refractivity contribution in [2.24, 2.45) is 0 Å². The predicted octanol–water partition coefficient (Wildman–Crippen LogP) is 4.07. The van der Waals surface area contributed by atoms with Crippen LogP contribution >= 0.6 is 22.6 Å². The molecule has 0 atom stereocenters. The number of rotatable bonds is 6. The third kappa shape index (κ3) is 3.81. The van der Waals surface area contributed by atoms with Crippen LogP contribution in [0.1, 0.15) is 23.9 Å². The Balaban J connectivity index is 2.38. The maximum absolute atomic E-state index is 11.0. The third-order valence-electron chi connectivity index (χ3n) is 3.00. The van der Waals surface area contributed by atoms with Gasteiger partial charge in [-0.3, -0.25) is 10.1 Å². The van der Waals surface area contributed by atoms with Gasteiger partial charge in [0.25, 0.3) is 0 Å². The average molecular weight is 430 g/mol. The van der Waals surface area contributed by atoms with Crippen molar-refractivity contribution in [3.8, 4) is 11.5 Å². The summed E-state index contributed by atoms with van der Waals surface area (Å²) >= 11 is 2.14. The van der Waals surface area contributed by atoms with Crippen LogP contribution in [-0.2, 0) is 0 Å². The summed E-state index contributed by atoms with van der Waals surface area (Å²) in [6, 6.07) is 3.68. The number of methoxy groups -OCH3 is 1. The summed E-state index contributed by atoms with van der Waals surface area (Å²) in [5.74, 6) is 1.38. The highest BCUT2D eigenvalue weighted by atomic mass is 127. The summed E-state index contributed by atoms with van der Waals surface area (Å²) in [6.07, 6.45) is 3.23. The van der Waals surface area contributed by atoms with Gasteiger partial charge in [-0.05, 0) is 60.2 Å². The zero-order chi connectivity index (χ0) is 17.0. The molecule has 23 heavy (non-hydrogen) atoms. The largest absolute Gasteiger partial charge is 0.492 e. The fourth-order valence-electron chi connectivity index (χ4n) is 2.03. The second-order valence-corrected chi connectivity index (χ2v) is 5.70. The van der Waals surface area contributed by atoms with E-state index in [0.29, 0.717) is 18.1 Å². The number of hydrogen-bond donors (Lipinski definition) is 0. The van der Waals surface area contributed by atoms with Crippen molar-refractivity contribution in [1.29, 1.82) is 0 Å². The van der Waals surface area contributed by atoms with E-state index < -0.39 is 4.92 Å². The van der Waals surface area contributed by atoms with Gasteiger partial charge in [0.2, 0.25) is 5.76 Å². The molecule has 1 aromatic heterocycles. The summed E-state index contributed by atoms with van der Waals surface area (Å²) in [5.41, 5.74) is 0.922. The molecule has 8 heteroatoms. The van der Waals surface area contributed by atoms with E-state index in [1.165, 1.54) is 13.0 Å². The minimum absolute atomic E-state index is 0.108. The van der Waals surface area contributed by atoms with Crippen molar-refractivity contribution in [1.82, 2.24) is 5.16 Å². The van der Waals surface area contributed by atoms with E-state index in [0.717, 1.165) is 9.13 Å². The van der Waals surface area contributed by atoms with Crippen LogP contribution < -0.4 is 9.47 Å². The molecule has 1 heterocycles. The van der Waals surface area contributed by atoms with Gasteiger partial charge in [-0.15, -0.1) is 0 Å². The molecule has 0 fully saturated rings. The van der Waals surface area contributed by atoms with Crippen LogP contribution in [0.3, 0.4) is 0 Å². The summed E-state index contributed by atoms with van der Waals surface area (Å²) < 4.78 is 16.8. The normalized spacial score (nSPS) is 11.0. The van der Waals surface area contributed by atoms with Crippen LogP contribution in [-0.4, -0.2) is 23.8 Å². The second-order valence-electron chi connectivity index (χ2n) is 4.54. The number of ether oxygens (including phenoxy) is 2. The first kappa shape index (κ1) is 17.3. The Morgan fingerprint density at radius 3 is 2.78 bits per heavy atom. The van der Waals surface area contributed by atoms with E-state index in [9.17, 15) is 10.1 Å². The van der Waals surface area contributed by atoms with Gasteiger partial charge in [0.15, 0.2) is 17.2 Å². The highest BCUT2D eigenvalue weighted by Crippen LogP contribution is 2.34. The van der Waals surface area contributed by atoms with E-state index in [4.69, 9.17) is 14.0 Å². The monoisotopic (exact) mass is 430 g/mol. The molecule has 0 N–H and O–H groups in total. The van der Waals surface area contributed by atoms with Gasteiger partial charge in [0.05, 0.1) is 22.2 Å². The molecule has 0 aliphatic carbocycles. The Kier molecular flexibility index (Phi) is 5.59. The van der Waals surface area contributed by atoms with E-state index in [-0.39, 0.29) is 17.1 Å². The number of aryl methyl sites for hydroxylation is 1. The van der Waals surface area contributed by atoms with Crippen LogP contribution in [0.15, 0.2) is 16.7 Å². The molecule has 0 aliphatic heterocycles. The molecule has 1 aromatic carbocycles. The number of nitro groups is 1. The minimum Gasteiger partial charge on any atom is -0.492 e. The predicted molar refractivity (Wildman–Crippen MR) is 93.7 cm³/mol. The van der Waals surface area contributed by atoms with Crippen LogP contribution in [0.5, 0.6) is 11.5 Å². The minimum atomic E-state index is -0.505. The third-order valence-corrected chi connectivity index (χ3v) is 3.80. The topological polar surface area (TPSA) is 87.6 Å². The molecule has 0 saturated carbocycles. The van der Waals surface area contributed by atoms with Gasteiger partial charge in [-0.1, -0.05) is 11.2 Å². The molecule has 2 aromatic rings. The van der Waals surface area contributed by atoms with Gasteiger partial charge in [0, 0.05) is 0 Å². The lowest BCUT2D eigenvalue weighted by Crippen LogP contribution is -1.97. The summed E-state index contributed by atoms with van der Waals surface area (Å²) in [4.78, 5) is 10.5. The van der Waals surface area contributed by atoms with Gasteiger partial charge in [-0.2, -0.15) is 0 Å². The molecule has 122 valence electrons. The Morgan fingerprint density at radius 2 is 2.17 bits per heavy atom. The van der Waals surface area contributed by atoms with Crippen LogP contribution in [0.2, 0.25) is 0 Å². The first-order chi connectivity index (χ1) is 11.0. The smallest absolute Gasteiger partial charge is 0.338 e. The van der Waals surface area contributed by atoms with Crippen molar-refractivity contribution in [2.45, 2.75) is 13.8 Å². The van der Waals surface area contributed by atoms with Crippen molar-refractivity contribution >= 4 is 40.4 Å². The van der Waals surface area contributed by atoms with Gasteiger partial charge in [0.1, 0.15) is 0 Å². The van der Waals surface area contributed by atoms with E-state index in [2.05, 4.69) is 27.7 Å². The summed E-state index contributed by atoms with van der Waals surface area (Å²) in [5, 5.41) is 14.7.